The average Bonchev–Trinajstić information content (AvgIpc) is 3.13. The lowest BCUT2D eigenvalue weighted by Gasteiger charge is -2.33. The fourth-order valence-corrected chi connectivity index (χ4v) is 4.66. The van der Waals surface area contributed by atoms with Gasteiger partial charge < -0.3 is 14.6 Å². The highest BCUT2D eigenvalue weighted by Gasteiger charge is 2.23. The quantitative estimate of drug-likeness (QED) is 0.681. The van der Waals surface area contributed by atoms with Crippen LogP contribution in [0.3, 0.4) is 0 Å². The number of thiophene rings is 1. The number of piperazine rings is 1. The molecule has 0 spiro atoms. The summed E-state index contributed by atoms with van der Waals surface area (Å²) in [6.07, 6.45) is -0.272. The summed E-state index contributed by atoms with van der Waals surface area (Å²) < 4.78 is 5.05. The second kappa shape index (κ2) is 8.52. The van der Waals surface area contributed by atoms with Gasteiger partial charge in [-0.2, -0.15) is 0 Å². The van der Waals surface area contributed by atoms with Gasteiger partial charge in [0, 0.05) is 47.7 Å². The van der Waals surface area contributed by atoms with E-state index in [9.17, 15) is 9.59 Å². The summed E-state index contributed by atoms with van der Waals surface area (Å²) in [5.74, 6) is 0.625. The van der Waals surface area contributed by atoms with Crippen LogP contribution in [0.2, 0.25) is 5.02 Å². The minimum Gasteiger partial charge on any atom is -0.450 e. The molecule has 1 saturated heterocycles. The zero-order valence-corrected chi connectivity index (χ0v) is 17.6. The minimum absolute atomic E-state index is 0.161. The fourth-order valence-electron chi connectivity index (χ4n) is 3.46. The highest BCUT2D eigenvalue weighted by Crippen LogP contribution is 2.34. The normalized spacial score (nSPS) is 15.0. The molecule has 0 atom stereocenters. The number of aromatic nitrogens is 2. The second-order valence-electron chi connectivity index (χ2n) is 6.78. The molecule has 4 rings (SSSR count). The Balaban J connectivity index is 1.52. The number of carbonyl (C=O) groups is 1. The van der Waals surface area contributed by atoms with E-state index in [2.05, 4.69) is 14.9 Å². The van der Waals surface area contributed by atoms with Crippen LogP contribution in [0.4, 0.5) is 4.79 Å². The van der Waals surface area contributed by atoms with E-state index in [1.165, 1.54) is 11.3 Å². The highest BCUT2D eigenvalue weighted by atomic mass is 35.5. The number of amides is 1. The lowest BCUT2D eigenvalue weighted by atomic mass is 10.1. The number of hydrogen-bond donors (Lipinski definition) is 1. The molecule has 0 aliphatic carbocycles. The van der Waals surface area contributed by atoms with Crippen molar-refractivity contribution in [2.45, 2.75) is 13.5 Å². The third kappa shape index (κ3) is 4.14. The number of ether oxygens (including phenoxy) is 1. The van der Waals surface area contributed by atoms with Crippen LogP contribution < -0.4 is 5.56 Å². The molecule has 0 bridgehead atoms. The van der Waals surface area contributed by atoms with Crippen LogP contribution in [-0.2, 0) is 11.3 Å². The van der Waals surface area contributed by atoms with Gasteiger partial charge in [0.2, 0.25) is 0 Å². The number of H-pyrrole nitrogens is 1. The van der Waals surface area contributed by atoms with Gasteiger partial charge in [0.15, 0.2) is 0 Å². The lowest BCUT2D eigenvalue weighted by molar-refractivity contribution is 0.0772. The van der Waals surface area contributed by atoms with Gasteiger partial charge in [0.25, 0.3) is 5.56 Å². The number of rotatable bonds is 4. The molecule has 1 amide bonds. The number of nitrogens with zero attached hydrogens (tertiary/aromatic N) is 3. The van der Waals surface area contributed by atoms with Gasteiger partial charge in [-0.05, 0) is 13.0 Å². The molecule has 3 aromatic rings. The Morgan fingerprint density at radius 2 is 2.00 bits per heavy atom. The highest BCUT2D eigenvalue weighted by molar-refractivity contribution is 7.17. The SMILES string of the molecule is CCOC(=O)N1CCN(Cc2nc3scc(-c4ccccc4Cl)c3c(=O)[nH]2)CC1. The van der Waals surface area contributed by atoms with E-state index in [1.54, 1.807) is 11.8 Å². The first kappa shape index (κ1) is 19.9. The first-order chi connectivity index (χ1) is 14.1. The van der Waals surface area contributed by atoms with Crippen LogP contribution in [0, 0.1) is 0 Å². The first-order valence-electron chi connectivity index (χ1n) is 9.46. The topological polar surface area (TPSA) is 78.5 Å². The zero-order chi connectivity index (χ0) is 20.4. The number of carbonyl (C=O) groups excluding carboxylic acids is 1. The van der Waals surface area contributed by atoms with E-state index in [4.69, 9.17) is 16.3 Å². The third-order valence-electron chi connectivity index (χ3n) is 4.93. The predicted molar refractivity (Wildman–Crippen MR) is 115 cm³/mol. The van der Waals surface area contributed by atoms with E-state index in [0.717, 1.165) is 11.1 Å². The maximum absolute atomic E-state index is 12.8. The molecule has 0 radical (unpaired) electrons. The standard InChI is InChI=1S/C20H21ClN4O3S/c1-2-28-20(27)25-9-7-24(8-10-25)11-16-22-18(26)17-14(12-29-19(17)23-16)13-5-3-4-6-15(13)21/h3-6,12H,2,7-11H2,1H3,(H,22,23,26). The Bertz CT molecular complexity index is 1090. The predicted octanol–water partition coefficient (Wildman–Crippen LogP) is 3.58. The minimum atomic E-state index is -0.272. The molecule has 1 N–H and O–H groups in total. The molecule has 1 fully saturated rings. The molecule has 29 heavy (non-hydrogen) atoms. The van der Waals surface area contributed by atoms with Crippen molar-refractivity contribution in [3.05, 3.63) is 50.8 Å². The summed E-state index contributed by atoms with van der Waals surface area (Å²) in [6, 6.07) is 7.48. The van der Waals surface area contributed by atoms with Crippen LogP contribution in [0.1, 0.15) is 12.7 Å². The van der Waals surface area contributed by atoms with Gasteiger partial charge in [-0.1, -0.05) is 29.8 Å². The van der Waals surface area contributed by atoms with E-state index in [1.807, 2.05) is 29.6 Å². The Labute approximate surface area is 176 Å². The molecule has 2 aromatic heterocycles. The van der Waals surface area contributed by atoms with Gasteiger partial charge in [-0.25, -0.2) is 9.78 Å². The van der Waals surface area contributed by atoms with Crippen molar-refractivity contribution in [1.82, 2.24) is 19.8 Å². The van der Waals surface area contributed by atoms with Crippen molar-refractivity contribution < 1.29 is 9.53 Å². The molecule has 0 unspecified atom stereocenters. The van der Waals surface area contributed by atoms with Gasteiger partial charge in [-0.3, -0.25) is 9.69 Å². The van der Waals surface area contributed by atoms with Crippen molar-refractivity contribution >= 4 is 39.2 Å². The van der Waals surface area contributed by atoms with Crippen LogP contribution in [0.25, 0.3) is 21.3 Å². The van der Waals surface area contributed by atoms with Crippen molar-refractivity contribution in [2.75, 3.05) is 32.8 Å². The molecule has 1 aromatic carbocycles. The summed E-state index contributed by atoms with van der Waals surface area (Å²) in [7, 11) is 0. The zero-order valence-electron chi connectivity index (χ0n) is 16.0. The van der Waals surface area contributed by atoms with Gasteiger partial charge in [-0.15, -0.1) is 11.3 Å². The summed E-state index contributed by atoms with van der Waals surface area (Å²) in [5.41, 5.74) is 1.47. The Morgan fingerprint density at radius 3 is 2.72 bits per heavy atom. The van der Waals surface area contributed by atoms with Crippen molar-refractivity contribution in [3.63, 3.8) is 0 Å². The molecule has 9 heteroatoms. The number of halogens is 1. The second-order valence-corrected chi connectivity index (χ2v) is 8.05. The average molecular weight is 433 g/mol. The lowest BCUT2D eigenvalue weighted by Crippen LogP contribution is -2.48. The fraction of sp³-hybridized carbons (Fsp3) is 0.350. The maximum Gasteiger partial charge on any atom is 0.409 e. The number of hydrogen-bond acceptors (Lipinski definition) is 6. The maximum atomic E-state index is 12.8. The molecule has 0 saturated carbocycles. The smallest absolute Gasteiger partial charge is 0.409 e. The molecule has 1 aliphatic rings. The van der Waals surface area contributed by atoms with Crippen LogP contribution in [0.5, 0.6) is 0 Å². The van der Waals surface area contributed by atoms with Gasteiger partial charge in [0.1, 0.15) is 10.7 Å². The van der Waals surface area contributed by atoms with Crippen LogP contribution in [-0.4, -0.2) is 58.6 Å². The summed E-state index contributed by atoms with van der Waals surface area (Å²) in [5, 5.41) is 3.10. The van der Waals surface area contributed by atoms with Crippen LogP contribution in [0.15, 0.2) is 34.4 Å². The summed E-state index contributed by atoms with van der Waals surface area (Å²) in [6.45, 7) is 5.31. The Kier molecular flexibility index (Phi) is 5.84. The Hall–Kier alpha value is -2.42. The van der Waals surface area contributed by atoms with E-state index >= 15 is 0 Å². The first-order valence-corrected chi connectivity index (χ1v) is 10.7. The largest absolute Gasteiger partial charge is 0.450 e. The third-order valence-corrected chi connectivity index (χ3v) is 6.13. The van der Waals surface area contributed by atoms with Gasteiger partial charge >= 0.3 is 6.09 Å². The van der Waals surface area contributed by atoms with Crippen molar-refractivity contribution in [2.24, 2.45) is 0 Å². The van der Waals surface area contributed by atoms with Crippen molar-refractivity contribution in [1.29, 1.82) is 0 Å². The number of nitrogens with one attached hydrogen (secondary N) is 1. The molecule has 3 heterocycles. The van der Waals surface area contributed by atoms with E-state index in [-0.39, 0.29) is 11.7 Å². The monoisotopic (exact) mass is 432 g/mol. The summed E-state index contributed by atoms with van der Waals surface area (Å²) in [4.78, 5) is 36.8. The van der Waals surface area contributed by atoms with E-state index < -0.39 is 0 Å². The Morgan fingerprint density at radius 1 is 1.24 bits per heavy atom. The number of aromatic amines is 1. The molecular weight excluding hydrogens is 412 g/mol. The van der Waals surface area contributed by atoms with Crippen molar-refractivity contribution in [3.8, 4) is 11.1 Å². The molecule has 1 aliphatic heterocycles. The molecular formula is C20H21ClN4O3S. The summed E-state index contributed by atoms with van der Waals surface area (Å²) >= 11 is 7.75. The van der Waals surface area contributed by atoms with E-state index in [0.29, 0.717) is 60.4 Å². The molecule has 152 valence electrons. The van der Waals surface area contributed by atoms with Crippen LogP contribution >= 0.6 is 22.9 Å². The number of fused-ring (bicyclic) bond motifs is 1. The van der Waals surface area contributed by atoms with Gasteiger partial charge in [0.05, 0.1) is 18.5 Å². The number of benzene rings is 1. The molecule has 7 nitrogen and oxygen atoms in total.